The number of carboxylic acid groups (broad SMARTS) is 1. The molecule has 13 heavy (non-hydrogen) atoms. The predicted octanol–water partition coefficient (Wildman–Crippen LogP) is 1.62. The van der Waals surface area contributed by atoms with Gasteiger partial charge in [-0.1, -0.05) is 33.6 Å². The number of carbonyl (C=O) groups is 1. The van der Waals surface area contributed by atoms with Crippen LogP contribution in [0.5, 0.6) is 0 Å². The minimum atomic E-state index is -0.675. The Labute approximate surface area is 85.8 Å². The van der Waals surface area contributed by atoms with Crippen molar-refractivity contribution >= 4 is 16.9 Å². The van der Waals surface area contributed by atoms with Crippen LogP contribution in [0.15, 0.2) is 0 Å². The highest BCUT2D eigenvalue weighted by atomic mass is 28.1. The van der Waals surface area contributed by atoms with E-state index in [0.717, 1.165) is 19.3 Å². The van der Waals surface area contributed by atoms with Gasteiger partial charge in [0.2, 0.25) is 0 Å². The van der Waals surface area contributed by atoms with E-state index < -0.39 is 5.97 Å². The van der Waals surface area contributed by atoms with Crippen LogP contribution in [0.2, 0.25) is 0 Å². The molecule has 0 fully saturated rings. The minimum Gasteiger partial charge on any atom is -0.481 e. The lowest BCUT2D eigenvalue weighted by Gasteiger charge is -2.17. The van der Waals surface area contributed by atoms with Crippen molar-refractivity contribution in [2.24, 2.45) is 5.41 Å². The molecule has 0 saturated heterocycles. The molecule has 0 atom stereocenters. The topological polar surface area (TPSA) is 37.3 Å². The molecule has 1 N–H and O–H groups in total. The third-order valence-corrected chi connectivity index (χ3v) is 1.82. The molecule has 0 unspecified atom stereocenters. The first-order chi connectivity index (χ1) is 5.42. The Hall–Kier alpha value is -0.313. The maximum absolute atomic E-state index is 10.2. The van der Waals surface area contributed by atoms with E-state index in [1.165, 1.54) is 6.42 Å². The quantitative estimate of drug-likeness (QED) is 0.546. The van der Waals surface area contributed by atoms with E-state index in [9.17, 15) is 4.79 Å². The number of hydrogen-bond donors (Lipinski definition) is 1. The number of unbranched alkanes of at least 4 members (excludes halogenated alkanes) is 2. The molecular weight excluding hydrogens is 180 g/mol. The van der Waals surface area contributed by atoms with Gasteiger partial charge in [0.25, 0.3) is 0 Å². The molecule has 3 heteroatoms. The van der Waals surface area contributed by atoms with Crippen molar-refractivity contribution in [1.29, 1.82) is 0 Å². The molecule has 0 radical (unpaired) electrons. The van der Waals surface area contributed by atoms with Crippen molar-refractivity contribution in [2.45, 2.75) is 52.9 Å². The minimum absolute atomic E-state index is 0. The lowest BCUT2D eigenvalue weighted by molar-refractivity contribution is -0.137. The normalized spacial score (nSPS) is 10.7. The third-order valence-electron chi connectivity index (χ3n) is 1.82. The maximum atomic E-state index is 10.2. The molecule has 0 heterocycles. The van der Waals surface area contributed by atoms with Crippen LogP contribution in [-0.2, 0) is 4.79 Å². The van der Waals surface area contributed by atoms with Gasteiger partial charge in [-0.05, 0) is 29.2 Å². The maximum Gasteiger partial charge on any atom is 0.303 e. The smallest absolute Gasteiger partial charge is 0.303 e. The number of carboxylic acids is 1. The molecule has 0 aromatic carbocycles. The summed E-state index contributed by atoms with van der Waals surface area (Å²) in [5.74, 6) is -0.675. The Kier molecular flexibility index (Phi) is 8.32. The summed E-state index contributed by atoms with van der Waals surface area (Å²) in [6.45, 7) is 6.64. The summed E-state index contributed by atoms with van der Waals surface area (Å²) in [5, 5.41) is 8.37. The fourth-order valence-electron chi connectivity index (χ4n) is 1.11. The highest BCUT2D eigenvalue weighted by Crippen LogP contribution is 2.22. The Morgan fingerprint density at radius 2 is 1.69 bits per heavy atom. The summed E-state index contributed by atoms with van der Waals surface area (Å²) in [6.07, 6.45) is 4.53. The van der Waals surface area contributed by atoms with E-state index in [0.29, 0.717) is 11.8 Å². The van der Waals surface area contributed by atoms with Gasteiger partial charge in [-0.2, -0.15) is 0 Å². The van der Waals surface area contributed by atoms with Crippen LogP contribution in [0.25, 0.3) is 0 Å². The number of aliphatic carboxylic acids is 1. The molecule has 0 aromatic rings. The van der Waals surface area contributed by atoms with Gasteiger partial charge in [0, 0.05) is 6.42 Å². The molecule has 0 aliphatic rings. The van der Waals surface area contributed by atoms with Crippen molar-refractivity contribution in [3.8, 4) is 0 Å². The molecule has 0 rings (SSSR count). The standard InChI is InChI=1S/C10H20O2.H4Si/c1-10(2,3)8-6-4-5-7-9(11)12;/h4-8H2,1-3H3,(H,11,12);1H4. The van der Waals surface area contributed by atoms with E-state index in [1.807, 2.05) is 0 Å². The first kappa shape index (κ1) is 15.2. The van der Waals surface area contributed by atoms with Crippen molar-refractivity contribution < 1.29 is 9.90 Å². The van der Waals surface area contributed by atoms with E-state index in [-0.39, 0.29) is 11.0 Å². The SMILES string of the molecule is CC(C)(C)CCCCCC(=O)O.[SiH4]. The lowest BCUT2D eigenvalue weighted by atomic mass is 9.89. The van der Waals surface area contributed by atoms with Gasteiger partial charge in [-0.15, -0.1) is 0 Å². The summed E-state index contributed by atoms with van der Waals surface area (Å²) < 4.78 is 0. The fourth-order valence-corrected chi connectivity index (χ4v) is 1.11. The summed E-state index contributed by atoms with van der Waals surface area (Å²) in [4.78, 5) is 10.2. The zero-order chi connectivity index (χ0) is 9.61. The van der Waals surface area contributed by atoms with Crippen LogP contribution in [0.1, 0.15) is 52.9 Å². The summed E-state index contributed by atoms with van der Waals surface area (Å²) in [6, 6.07) is 0. The zero-order valence-corrected chi connectivity index (χ0v) is 8.39. The summed E-state index contributed by atoms with van der Waals surface area (Å²) in [7, 11) is 0. The van der Waals surface area contributed by atoms with Crippen molar-refractivity contribution in [3.63, 3.8) is 0 Å². The Balaban J connectivity index is 0. The van der Waals surface area contributed by atoms with E-state index in [1.54, 1.807) is 0 Å². The van der Waals surface area contributed by atoms with Crippen LogP contribution in [0.4, 0.5) is 0 Å². The van der Waals surface area contributed by atoms with Crippen LogP contribution >= 0.6 is 0 Å². The molecule has 0 spiro atoms. The average Bonchev–Trinajstić information content (AvgIpc) is 1.83. The van der Waals surface area contributed by atoms with Crippen LogP contribution in [0, 0.1) is 5.41 Å². The fraction of sp³-hybridized carbons (Fsp3) is 0.900. The van der Waals surface area contributed by atoms with Gasteiger partial charge in [-0.3, -0.25) is 4.79 Å². The van der Waals surface area contributed by atoms with Gasteiger partial charge in [0.1, 0.15) is 0 Å². The van der Waals surface area contributed by atoms with Crippen LogP contribution in [-0.4, -0.2) is 22.0 Å². The second kappa shape index (κ2) is 7.13. The Morgan fingerprint density at radius 3 is 2.08 bits per heavy atom. The molecule has 0 amide bonds. The van der Waals surface area contributed by atoms with E-state index >= 15 is 0 Å². The highest BCUT2D eigenvalue weighted by Gasteiger charge is 2.08. The third kappa shape index (κ3) is 14.5. The van der Waals surface area contributed by atoms with E-state index in [2.05, 4.69) is 20.8 Å². The van der Waals surface area contributed by atoms with Gasteiger partial charge in [-0.25, -0.2) is 0 Å². The Bertz CT molecular complexity index is 138. The van der Waals surface area contributed by atoms with Crippen molar-refractivity contribution in [3.05, 3.63) is 0 Å². The second-order valence-corrected chi connectivity index (χ2v) is 4.52. The Morgan fingerprint density at radius 1 is 1.15 bits per heavy atom. The molecule has 80 valence electrons. The molecule has 0 aromatic heterocycles. The second-order valence-electron chi connectivity index (χ2n) is 4.52. The number of hydrogen-bond acceptors (Lipinski definition) is 1. The molecule has 0 aliphatic heterocycles. The molecule has 0 bridgehead atoms. The number of rotatable bonds is 5. The van der Waals surface area contributed by atoms with Crippen LogP contribution in [0.3, 0.4) is 0 Å². The van der Waals surface area contributed by atoms with E-state index in [4.69, 9.17) is 5.11 Å². The highest BCUT2D eigenvalue weighted by molar-refractivity contribution is 5.75. The van der Waals surface area contributed by atoms with Gasteiger partial charge >= 0.3 is 5.97 Å². The van der Waals surface area contributed by atoms with Crippen LogP contribution < -0.4 is 0 Å². The monoisotopic (exact) mass is 204 g/mol. The molecule has 0 aliphatic carbocycles. The zero-order valence-electron chi connectivity index (χ0n) is 8.39. The van der Waals surface area contributed by atoms with Gasteiger partial charge < -0.3 is 5.11 Å². The van der Waals surface area contributed by atoms with Crippen molar-refractivity contribution in [2.75, 3.05) is 0 Å². The lowest BCUT2D eigenvalue weighted by Crippen LogP contribution is -2.04. The van der Waals surface area contributed by atoms with Gasteiger partial charge in [0.15, 0.2) is 0 Å². The molecule has 2 nitrogen and oxygen atoms in total. The summed E-state index contributed by atoms with van der Waals surface area (Å²) in [5.41, 5.74) is 0.392. The first-order valence-electron chi connectivity index (χ1n) is 4.63. The largest absolute Gasteiger partial charge is 0.481 e. The van der Waals surface area contributed by atoms with Gasteiger partial charge in [0.05, 0.1) is 0 Å². The first-order valence-corrected chi connectivity index (χ1v) is 4.63. The average molecular weight is 204 g/mol. The summed E-state index contributed by atoms with van der Waals surface area (Å²) >= 11 is 0. The molecule has 0 saturated carbocycles. The van der Waals surface area contributed by atoms with Crippen molar-refractivity contribution in [1.82, 2.24) is 0 Å². The molecular formula is C10H24O2Si. The predicted molar refractivity (Wildman–Crippen MR) is 61.5 cm³/mol.